The molecular formula is C20H17N4O3S+. The average Bonchev–Trinajstić information content (AvgIpc) is 3.09. The maximum Gasteiger partial charge on any atom is 0.442 e. The van der Waals surface area contributed by atoms with Gasteiger partial charge in [-0.3, -0.25) is 14.3 Å². The normalized spacial score (nSPS) is 12.0. The first kappa shape index (κ1) is 18.0. The number of carbonyl (C=O) groups is 1. The predicted octanol–water partition coefficient (Wildman–Crippen LogP) is 2.91. The number of anilines is 1. The van der Waals surface area contributed by atoms with Crippen LogP contribution in [0.2, 0.25) is 0 Å². The average molecular weight is 393 g/mol. The minimum atomic E-state index is -0.527. The summed E-state index contributed by atoms with van der Waals surface area (Å²) in [5.74, 6) is -0.221. The van der Waals surface area contributed by atoms with Crippen LogP contribution < -0.4 is 15.6 Å². The van der Waals surface area contributed by atoms with Crippen LogP contribution in [0.3, 0.4) is 0 Å². The van der Waals surface area contributed by atoms with E-state index in [1.165, 1.54) is 4.68 Å². The van der Waals surface area contributed by atoms with Crippen LogP contribution in [0.15, 0.2) is 81.2 Å². The number of pyridine rings is 1. The first-order valence-electron chi connectivity index (χ1n) is 8.64. The van der Waals surface area contributed by atoms with Crippen molar-refractivity contribution in [1.29, 1.82) is 0 Å². The van der Waals surface area contributed by atoms with Crippen LogP contribution in [0.4, 0.5) is 5.69 Å². The van der Waals surface area contributed by atoms with Crippen molar-refractivity contribution < 1.29 is 14.0 Å². The first-order chi connectivity index (χ1) is 13.6. The number of hydrogen-bond acceptors (Lipinski definition) is 5. The second kappa shape index (κ2) is 7.69. The summed E-state index contributed by atoms with van der Waals surface area (Å²) in [6, 6.07) is 18.5. The smallest absolute Gasteiger partial charge is 0.324 e. The third-order valence-electron chi connectivity index (χ3n) is 4.18. The fraction of sp³-hybridized carbons (Fsp3) is 0.100. The van der Waals surface area contributed by atoms with Crippen molar-refractivity contribution >= 4 is 34.3 Å². The molecule has 140 valence electrons. The van der Waals surface area contributed by atoms with Crippen LogP contribution in [-0.2, 0) is 4.79 Å². The van der Waals surface area contributed by atoms with Crippen LogP contribution in [0.25, 0.3) is 16.6 Å². The lowest BCUT2D eigenvalue weighted by atomic mass is 10.2. The molecule has 4 aromatic rings. The number of carbonyl (C=O) groups excluding carboxylic acids is 1. The second-order valence-electron chi connectivity index (χ2n) is 6.08. The van der Waals surface area contributed by atoms with E-state index in [1.54, 1.807) is 13.1 Å². The molecule has 8 heteroatoms. The Kier molecular flexibility index (Phi) is 4.94. The summed E-state index contributed by atoms with van der Waals surface area (Å²) in [4.78, 5) is 29.2. The van der Waals surface area contributed by atoms with Crippen molar-refractivity contribution in [2.75, 3.05) is 5.32 Å². The number of fused-ring (bicyclic) bond motifs is 1. The van der Waals surface area contributed by atoms with Crippen molar-refractivity contribution in [2.24, 2.45) is 0 Å². The lowest BCUT2D eigenvalue weighted by Crippen LogP contribution is -2.37. The molecule has 0 aliphatic rings. The first-order valence-corrected chi connectivity index (χ1v) is 9.51. The Bertz CT molecular complexity index is 1180. The fourth-order valence-corrected chi connectivity index (χ4v) is 3.67. The summed E-state index contributed by atoms with van der Waals surface area (Å²) >= 11 is 1.13. The molecule has 1 unspecified atom stereocenters. The van der Waals surface area contributed by atoms with E-state index in [9.17, 15) is 9.59 Å². The molecule has 0 aliphatic carbocycles. The van der Waals surface area contributed by atoms with Gasteiger partial charge in [0, 0.05) is 23.7 Å². The van der Waals surface area contributed by atoms with Gasteiger partial charge >= 0.3 is 10.7 Å². The van der Waals surface area contributed by atoms with Crippen molar-refractivity contribution in [2.45, 2.75) is 17.2 Å². The number of hydrogen-bond donors (Lipinski definition) is 2. The number of nitrogens with zero attached hydrogens (tertiary/aromatic N) is 2. The Hall–Kier alpha value is -3.39. The molecule has 2 aromatic carbocycles. The summed E-state index contributed by atoms with van der Waals surface area (Å²) < 4.78 is 6.45. The minimum Gasteiger partial charge on any atom is -0.324 e. The number of benzene rings is 2. The van der Waals surface area contributed by atoms with Crippen LogP contribution in [0, 0.1) is 0 Å². The van der Waals surface area contributed by atoms with Crippen LogP contribution in [-0.4, -0.2) is 21.4 Å². The molecule has 1 atom stereocenters. The Morgan fingerprint density at radius 2 is 1.96 bits per heavy atom. The summed E-state index contributed by atoms with van der Waals surface area (Å²) in [7, 11) is 0. The Labute approximate surface area is 164 Å². The van der Waals surface area contributed by atoms with E-state index in [0.717, 1.165) is 28.4 Å². The molecule has 0 saturated heterocycles. The number of amides is 1. The van der Waals surface area contributed by atoms with E-state index >= 15 is 0 Å². The van der Waals surface area contributed by atoms with Crippen molar-refractivity contribution in [3.8, 4) is 5.69 Å². The zero-order valence-electron chi connectivity index (χ0n) is 15.0. The third kappa shape index (κ3) is 3.54. The number of aromatic nitrogens is 3. The van der Waals surface area contributed by atoms with E-state index in [0.29, 0.717) is 10.7 Å². The monoisotopic (exact) mass is 393 g/mol. The molecule has 1 amide bonds. The fourth-order valence-electron chi connectivity index (χ4n) is 2.78. The Morgan fingerprint density at radius 1 is 1.14 bits per heavy atom. The van der Waals surface area contributed by atoms with E-state index in [4.69, 9.17) is 4.52 Å². The molecule has 0 aliphatic heterocycles. The number of H-pyrrole nitrogens is 1. The van der Waals surface area contributed by atoms with E-state index < -0.39 is 10.9 Å². The molecular weight excluding hydrogens is 376 g/mol. The molecule has 0 fully saturated rings. The van der Waals surface area contributed by atoms with Gasteiger partial charge in [-0.2, -0.15) is 0 Å². The quantitative estimate of drug-likeness (QED) is 0.402. The number of nitrogens with one attached hydrogen (secondary N) is 2. The zero-order chi connectivity index (χ0) is 19.5. The largest absolute Gasteiger partial charge is 0.442 e. The predicted molar refractivity (Wildman–Crippen MR) is 107 cm³/mol. The highest BCUT2D eigenvalue weighted by Crippen LogP contribution is 2.24. The molecule has 28 heavy (non-hydrogen) atoms. The molecule has 7 nitrogen and oxygen atoms in total. The highest BCUT2D eigenvalue weighted by atomic mass is 32.2. The van der Waals surface area contributed by atoms with Crippen molar-refractivity contribution in [1.82, 2.24) is 10.3 Å². The van der Waals surface area contributed by atoms with E-state index in [2.05, 4.69) is 15.6 Å². The number of aromatic amines is 1. The van der Waals surface area contributed by atoms with Crippen molar-refractivity contribution in [3.05, 3.63) is 77.3 Å². The van der Waals surface area contributed by atoms with Gasteiger partial charge in [0.1, 0.15) is 0 Å². The molecule has 0 bridgehead atoms. The molecule has 2 aromatic heterocycles. The number of para-hydroxylation sites is 1. The van der Waals surface area contributed by atoms with E-state index in [-0.39, 0.29) is 5.91 Å². The van der Waals surface area contributed by atoms with Crippen LogP contribution in [0.1, 0.15) is 6.92 Å². The highest BCUT2D eigenvalue weighted by molar-refractivity contribution is 8.00. The van der Waals surface area contributed by atoms with Crippen LogP contribution >= 0.6 is 11.8 Å². The molecule has 2 heterocycles. The van der Waals surface area contributed by atoms with Gasteiger partial charge in [0.25, 0.3) is 0 Å². The van der Waals surface area contributed by atoms with Gasteiger partial charge in [0.15, 0.2) is 0 Å². The van der Waals surface area contributed by atoms with Gasteiger partial charge in [0.05, 0.1) is 16.5 Å². The minimum absolute atomic E-state index is 0.221. The SMILES string of the molecule is CC(Sc1c(=O)o[nH][n+]1-c1ccccc1)C(=O)Nc1cccc2ncccc12. The molecule has 0 spiro atoms. The summed E-state index contributed by atoms with van der Waals surface area (Å²) in [5, 5.41) is 6.13. The number of rotatable bonds is 5. The second-order valence-corrected chi connectivity index (χ2v) is 7.41. The zero-order valence-corrected chi connectivity index (χ0v) is 15.8. The molecule has 4 rings (SSSR count). The summed E-state index contributed by atoms with van der Waals surface area (Å²) in [5.41, 5.74) is 1.69. The maximum atomic E-state index is 12.7. The maximum absolute atomic E-state index is 12.7. The van der Waals surface area contributed by atoms with Crippen molar-refractivity contribution in [3.63, 3.8) is 0 Å². The van der Waals surface area contributed by atoms with E-state index in [1.807, 2.05) is 60.7 Å². The highest BCUT2D eigenvalue weighted by Gasteiger charge is 2.29. The molecule has 0 saturated carbocycles. The van der Waals surface area contributed by atoms with Gasteiger partial charge in [-0.05, 0) is 52.9 Å². The number of thioether (sulfide) groups is 1. The van der Waals surface area contributed by atoms with Gasteiger partial charge in [0.2, 0.25) is 11.6 Å². The summed E-state index contributed by atoms with van der Waals surface area (Å²) in [6.45, 7) is 1.74. The van der Waals surface area contributed by atoms with Gasteiger partial charge < -0.3 is 5.32 Å². The van der Waals surface area contributed by atoms with Gasteiger partial charge in [-0.1, -0.05) is 24.3 Å². The Balaban J connectivity index is 1.56. The molecule has 2 N–H and O–H groups in total. The Morgan fingerprint density at radius 3 is 2.79 bits per heavy atom. The topological polar surface area (TPSA) is 91.9 Å². The van der Waals surface area contributed by atoms with Gasteiger partial charge in [-0.25, -0.2) is 4.79 Å². The molecule has 0 radical (unpaired) electrons. The van der Waals surface area contributed by atoms with Gasteiger partial charge in [-0.15, -0.1) is 0 Å². The lowest BCUT2D eigenvalue weighted by Gasteiger charge is -2.11. The third-order valence-corrected chi connectivity index (χ3v) is 5.32. The van der Waals surface area contributed by atoms with Crippen LogP contribution in [0.5, 0.6) is 0 Å². The summed E-state index contributed by atoms with van der Waals surface area (Å²) in [6.07, 6.45) is 1.71. The lowest BCUT2D eigenvalue weighted by molar-refractivity contribution is -0.704. The standard InChI is InChI=1S/C20H16N4O3S/c1-13(18(25)22-17-11-5-10-16-15(17)9-6-12-21-16)28-19-20(26)27-23-24(19)14-7-3-2-4-8-14/h2-13H,1H3,(H-,21,22,23,25,26)/p+1.